The van der Waals surface area contributed by atoms with Gasteiger partial charge in [-0.2, -0.15) is 9.13 Å². The molecule has 3 aromatic carbocycles. The molecule has 8 aromatic rings. The lowest BCUT2D eigenvalue weighted by atomic mass is 9.78. The minimum absolute atomic E-state index is 0.000171. The van der Waals surface area contributed by atoms with Gasteiger partial charge in [-0.1, -0.05) is 77.9 Å². The van der Waals surface area contributed by atoms with E-state index in [2.05, 4.69) is 177 Å². The first-order valence-corrected chi connectivity index (χ1v) is 18.0. The second kappa shape index (κ2) is 10.1. The Morgan fingerprint density at radius 3 is 2.22 bits per heavy atom. The van der Waals surface area contributed by atoms with Crippen LogP contribution in [0.15, 0.2) is 116 Å². The Hall–Kier alpha value is -5.35. The largest absolute Gasteiger partial charge is 0.293 e. The highest BCUT2D eigenvalue weighted by atomic mass is 15.1. The predicted octanol–water partition coefficient (Wildman–Crippen LogP) is 10.3. The van der Waals surface area contributed by atoms with Crippen molar-refractivity contribution in [2.75, 3.05) is 0 Å². The maximum atomic E-state index is 5.94. The van der Waals surface area contributed by atoms with Crippen LogP contribution in [0.1, 0.15) is 82.3 Å². The molecule has 0 fully saturated rings. The van der Waals surface area contributed by atoms with Gasteiger partial charge in [0, 0.05) is 51.4 Å². The molecule has 2 aliphatic rings. The first-order chi connectivity index (χ1) is 24.1. The highest BCUT2D eigenvalue weighted by Crippen LogP contribution is 2.48. The highest BCUT2D eigenvalue weighted by Gasteiger charge is 2.44. The molecular formula is C46H42N4+2. The Balaban J connectivity index is 1.40. The van der Waals surface area contributed by atoms with Crippen molar-refractivity contribution in [2.45, 2.75) is 70.8 Å². The van der Waals surface area contributed by atoms with E-state index in [4.69, 9.17) is 4.98 Å². The summed E-state index contributed by atoms with van der Waals surface area (Å²) in [5, 5.41) is 5.08. The van der Waals surface area contributed by atoms with Gasteiger partial charge < -0.3 is 0 Å². The van der Waals surface area contributed by atoms with Crippen LogP contribution in [0, 0.1) is 0 Å². The van der Waals surface area contributed by atoms with Gasteiger partial charge in [-0.3, -0.25) is 4.40 Å². The normalized spacial score (nSPS) is 17.2. The summed E-state index contributed by atoms with van der Waals surface area (Å²) in [5.74, 6) is 0.210. The quantitative estimate of drug-likeness (QED) is 0.150. The molecule has 244 valence electrons. The number of pyridine rings is 3. The first-order valence-electron chi connectivity index (χ1n) is 18.0. The third-order valence-corrected chi connectivity index (χ3v) is 11.4. The Morgan fingerprint density at radius 1 is 0.660 bits per heavy atom. The minimum Gasteiger partial charge on any atom is -0.293 e. The maximum Gasteiger partial charge on any atom is 0.220 e. The molecule has 7 heterocycles. The Morgan fingerprint density at radius 2 is 1.40 bits per heavy atom. The van der Waals surface area contributed by atoms with Crippen molar-refractivity contribution in [3.8, 4) is 22.5 Å². The number of benzene rings is 3. The second-order valence-electron chi connectivity index (χ2n) is 16.5. The molecule has 0 aliphatic carbocycles. The number of nitrogens with zero attached hydrogens (tertiary/aromatic N) is 4. The first kappa shape index (κ1) is 29.6. The molecule has 2 atom stereocenters. The zero-order chi connectivity index (χ0) is 34.1. The van der Waals surface area contributed by atoms with Crippen LogP contribution in [0.3, 0.4) is 0 Å². The summed E-state index contributed by atoms with van der Waals surface area (Å²) in [5.41, 5.74) is 13.6. The van der Waals surface area contributed by atoms with E-state index < -0.39 is 0 Å². The monoisotopic (exact) mass is 650 g/mol. The number of para-hydroxylation sites is 1. The number of allylic oxidation sites excluding steroid dienone is 1. The molecule has 50 heavy (non-hydrogen) atoms. The van der Waals surface area contributed by atoms with Gasteiger partial charge in [0.1, 0.15) is 11.3 Å². The topological polar surface area (TPSA) is 25.1 Å². The molecule has 0 spiro atoms. The van der Waals surface area contributed by atoms with E-state index in [-0.39, 0.29) is 22.8 Å². The van der Waals surface area contributed by atoms with Crippen molar-refractivity contribution in [3.63, 3.8) is 0 Å². The van der Waals surface area contributed by atoms with Gasteiger partial charge in [-0.05, 0) is 76.4 Å². The SMILES string of the molecule is CC(C)(C)c1cc[n+]2c(c1)-c1cc3c4cc(C(C)(C)C)cc5c6ccccc6n(c3nc1C1C(CC=C2)c2ccccc2-c2cccc[n+]21)c54. The van der Waals surface area contributed by atoms with Crippen molar-refractivity contribution in [1.82, 2.24) is 9.38 Å². The lowest BCUT2D eigenvalue weighted by Gasteiger charge is -2.30. The van der Waals surface area contributed by atoms with Gasteiger partial charge in [-0.15, -0.1) is 0 Å². The number of fused-ring (bicyclic) bond motifs is 16. The van der Waals surface area contributed by atoms with Crippen LogP contribution in [0.25, 0.3) is 66.9 Å². The molecule has 2 aliphatic heterocycles. The predicted molar refractivity (Wildman–Crippen MR) is 205 cm³/mol. The van der Waals surface area contributed by atoms with E-state index in [9.17, 15) is 0 Å². The third kappa shape index (κ3) is 4.08. The smallest absolute Gasteiger partial charge is 0.220 e. The summed E-state index contributed by atoms with van der Waals surface area (Å²) in [6.45, 7) is 13.9. The molecule has 2 unspecified atom stereocenters. The zero-order valence-corrected chi connectivity index (χ0v) is 29.7. The molecule has 4 heteroatoms. The molecule has 10 rings (SSSR count). The van der Waals surface area contributed by atoms with E-state index in [1.54, 1.807) is 0 Å². The van der Waals surface area contributed by atoms with Gasteiger partial charge in [0.15, 0.2) is 18.6 Å². The molecule has 0 amide bonds. The van der Waals surface area contributed by atoms with Crippen molar-refractivity contribution in [1.29, 1.82) is 0 Å². The molecule has 0 N–H and O–H groups in total. The molecule has 5 aromatic heterocycles. The third-order valence-electron chi connectivity index (χ3n) is 11.4. The standard InChI is InChI=1S/C46H42N4/c1-45(2,3)28-20-23-48-21-13-17-33-30-14-7-8-15-31(30)38-18-11-12-22-49(38)43(33)41-37(40(48)26-28)27-36-35-25-29(46(4,5)6)24-34-32-16-9-10-19-39(32)50(42(34)35)44(36)47-41/h7-16,18-27,33,43H,17H2,1-6H3/q+2. The highest BCUT2D eigenvalue weighted by molar-refractivity contribution is 6.23. The van der Waals surface area contributed by atoms with Crippen molar-refractivity contribution in [3.05, 3.63) is 138 Å². The number of aromatic nitrogens is 4. The summed E-state index contributed by atoms with van der Waals surface area (Å²) < 4.78 is 7.29. The molecule has 4 nitrogen and oxygen atoms in total. The second-order valence-corrected chi connectivity index (χ2v) is 16.5. The van der Waals surface area contributed by atoms with E-state index in [0.29, 0.717) is 0 Å². The minimum atomic E-state index is 0.000171. The van der Waals surface area contributed by atoms with Crippen LogP contribution in [-0.2, 0) is 10.8 Å². The van der Waals surface area contributed by atoms with E-state index >= 15 is 0 Å². The van der Waals surface area contributed by atoms with Crippen LogP contribution < -0.4 is 9.13 Å². The van der Waals surface area contributed by atoms with Gasteiger partial charge in [0.2, 0.25) is 17.4 Å². The number of hydrogen-bond acceptors (Lipinski definition) is 1. The molecular weight excluding hydrogens is 609 g/mol. The Labute approximate surface area is 293 Å². The molecule has 0 radical (unpaired) electrons. The number of hydrogen-bond donors (Lipinski definition) is 0. The van der Waals surface area contributed by atoms with Crippen molar-refractivity contribution < 1.29 is 9.13 Å². The molecule has 0 saturated heterocycles. The Bertz CT molecular complexity index is 2710. The van der Waals surface area contributed by atoms with E-state index in [1.165, 1.54) is 71.8 Å². The summed E-state index contributed by atoms with van der Waals surface area (Å²) in [7, 11) is 0. The lowest BCUT2D eigenvalue weighted by molar-refractivity contribution is -0.709. The maximum absolute atomic E-state index is 5.94. The summed E-state index contributed by atoms with van der Waals surface area (Å²) in [6.07, 6.45) is 10.1. The zero-order valence-electron chi connectivity index (χ0n) is 29.7. The lowest BCUT2D eigenvalue weighted by Crippen LogP contribution is -2.48. The van der Waals surface area contributed by atoms with Gasteiger partial charge in [-0.25, -0.2) is 4.98 Å². The van der Waals surface area contributed by atoms with Crippen molar-refractivity contribution >= 4 is 44.4 Å². The van der Waals surface area contributed by atoms with E-state index in [0.717, 1.165) is 17.8 Å². The average molecular weight is 651 g/mol. The fourth-order valence-corrected chi connectivity index (χ4v) is 8.84. The van der Waals surface area contributed by atoms with Crippen LogP contribution in [0.2, 0.25) is 0 Å². The van der Waals surface area contributed by atoms with Gasteiger partial charge in [0.05, 0.1) is 22.5 Å². The van der Waals surface area contributed by atoms with Crippen LogP contribution in [0.4, 0.5) is 0 Å². The summed E-state index contributed by atoms with van der Waals surface area (Å²) >= 11 is 0. The summed E-state index contributed by atoms with van der Waals surface area (Å²) in [4.78, 5) is 5.94. The van der Waals surface area contributed by atoms with E-state index in [1.807, 2.05) is 0 Å². The average Bonchev–Trinajstić information content (AvgIpc) is 3.63. The summed E-state index contributed by atoms with van der Waals surface area (Å²) in [6, 6.07) is 36.6. The Kier molecular flexibility index (Phi) is 5.97. The van der Waals surface area contributed by atoms with Gasteiger partial charge in [0.25, 0.3) is 0 Å². The van der Waals surface area contributed by atoms with Crippen LogP contribution >= 0.6 is 0 Å². The van der Waals surface area contributed by atoms with Crippen LogP contribution in [-0.4, -0.2) is 9.38 Å². The van der Waals surface area contributed by atoms with Crippen molar-refractivity contribution in [2.24, 2.45) is 0 Å². The fourth-order valence-electron chi connectivity index (χ4n) is 8.84. The van der Waals surface area contributed by atoms with Gasteiger partial charge >= 0.3 is 0 Å². The fraction of sp³-hybridized carbons (Fsp3) is 0.239. The number of rotatable bonds is 0. The molecule has 0 saturated carbocycles. The molecule has 0 bridgehead atoms. The van der Waals surface area contributed by atoms with Crippen LogP contribution in [0.5, 0.6) is 0 Å².